The van der Waals surface area contributed by atoms with E-state index in [-0.39, 0.29) is 11.6 Å². The van der Waals surface area contributed by atoms with E-state index in [9.17, 15) is 14.9 Å². The fraction of sp³-hybridized carbons (Fsp3) is 0.0870. The van der Waals surface area contributed by atoms with Crippen molar-refractivity contribution in [1.29, 1.82) is 0 Å². The molecule has 1 atom stereocenters. The number of amides is 1. The number of nitrogens with zero attached hydrogens (tertiary/aromatic N) is 4. The van der Waals surface area contributed by atoms with Crippen LogP contribution in [0.1, 0.15) is 11.9 Å². The molecule has 9 nitrogen and oxygen atoms in total. The molecule has 2 aliphatic heterocycles. The van der Waals surface area contributed by atoms with Gasteiger partial charge in [0.2, 0.25) is 6.17 Å². The van der Waals surface area contributed by atoms with Gasteiger partial charge in [0.15, 0.2) is 10.9 Å². The lowest BCUT2D eigenvalue weighted by Crippen LogP contribution is -2.50. The molecule has 1 N–H and O–H groups in total. The largest absolute Gasteiger partial charge is 0.456 e. The number of nitro benzene ring substituents is 1. The van der Waals surface area contributed by atoms with Crippen LogP contribution in [0, 0.1) is 10.1 Å². The van der Waals surface area contributed by atoms with Crippen molar-refractivity contribution in [2.45, 2.75) is 6.17 Å². The van der Waals surface area contributed by atoms with Crippen LogP contribution in [0.3, 0.4) is 0 Å². The van der Waals surface area contributed by atoms with Gasteiger partial charge >= 0.3 is 0 Å². The Balaban J connectivity index is 1.63. The number of thioether (sulfide) groups is 1. The molecule has 33 heavy (non-hydrogen) atoms. The fourth-order valence-electron chi connectivity index (χ4n) is 3.69. The standard InChI is InChI=1S/C23H17N5O4S/c1-2-13-33-23-25-22(29)20-14-7-3-5-9-16(14)24-21(27(20)26-23)19-12-11-18(32-19)15-8-4-6-10-17(15)28(30)31/h2-12,21H,1,13H2,(H,25,26,29). The minimum absolute atomic E-state index is 0.0601. The molecule has 3 heterocycles. The first-order valence-electron chi connectivity index (χ1n) is 10.0. The Labute approximate surface area is 192 Å². The summed E-state index contributed by atoms with van der Waals surface area (Å²) >= 11 is 1.34. The second-order valence-electron chi connectivity index (χ2n) is 7.15. The molecule has 3 aromatic rings. The number of benzene rings is 2. The third kappa shape index (κ3) is 3.70. The molecule has 2 aromatic carbocycles. The number of carbonyl (C=O) groups excluding carboxylic acids is 1. The zero-order valence-corrected chi connectivity index (χ0v) is 18.0. The number of nitro groups is 1. The van der Waals surface area contributed by atoms with Gasteiger partial charge < -0.3 is 4.42 Å². The lowest BCUT2D eigenvalue weighted by molar-refractivity contribution is -0.384. The van der Waals surface area contributed by atoms with E-state index >= 15 is 0 Å². The number of carbonyl (C=O) groups is 1. The molecule has 164 valence electrons. The maximum Gasteiger partial charge on any atom is 0.280 e. The molecule has 0 saturated heterocycles. The second-order valence-corrected chi connectivity index (χ2v) is 8.16. The summed E-state index contributed by atoms with van der Waals surface area (Å²) in [5, 5.41) is 22.1. The van der Waals surface area contributed by atoms with Crippen LogP contribution in [0.15, 0.2) is 87.8 Å². The Hall–Kier alpha value is -4.18. The molecule has 0 fully saturated rings. The van der Waals surface area contributed by atoms with Gasteiger partial charge in [0.1, 0.15) is 11.5 Å². The van der Waals surface area contributed by atoms with Crippen LogP contribution in [0.2, 0.25) is 0 Å². The van der Waals surface area contributed by atoms with Crippen molar-refractivity contribution < 1.29 is 14.1 Å². The third-order valence-electron chi connectivity index (χ3n) is 5.10. The Morgan fingerprint density at radius 2 is 1.97 bits per heavy atom. The summed E-state index contributed by atoms with van der Waals surface area (Å²) in [6.45, 7) is 3.70. The van der Waals surface area contributed by atoms with Crippen molar-refractivity contribution in [3.63, 3.8) is 0 Å². The number of fused-ring (bicyclic) bond motifs is 2. The maximum absolute atomic E-state index is 13.0. The molecular formula is C23H17N5O4S. The number of furan rings is 1. The number of para-hydroxylation sites is 2. The molecule has 0 saturated carbocycles. The van der Waals surface area contributed by atoms with E-state index in [1.54, 1.807) is 36.4 Å². The van der Waals surface area contributed by atoms with Crippen molar-refractivity contribution in [2.75, 3.05) is 5.75 Å². The zero-order valence-electron chi connectivity index (χ0n) is 17.2. The Bertz CT molecular complexity index is 1440. The number of hydrogen-bond donors (Lipinski definition) is 1. The zero-order chi connectivity index (χ0) is 22.9. The summed E-state index contributed by atoms with van der Waals surface area (Å²) in [5.74, 6) is 1.01. The van der Waals surface area contributed by atoms with Crippen LogP contribution in [0.5, 0.6) is 0 Å². The van der Waals surface area contributed by atoms with Crippen LogP contribution < -0.4 is 15.9 Å². The first-order chi connectivity index (χ1) is 16.1. The number of nitrogens with one attached hydrogen (secondary N) is 1. The summed E-state index contributed by atoms with van der Waals surface area (Å²) in [6.07, 6.45) is 0.967. The van der Waals surface area contributed by atoms with Gasteiger partial charge in [0, 0.05) is 17.0 Å². The van der Waals surface area contributed by atoms with Crippen LogP contribution >= 0.6 is 11.8 Å². The second kappa shape index (κ2) is 8.40. The molecule has 0 aliphatic carbocycles. The molecule has 0 radical (unpaired) electrons. The molecule has 10 heteroatoms. The van der Waals surface area contributed by atoms with E-state index in [0.717, 1.165) is 0 Å². The van der Waals surface area contributed by atoms with E-state index in [2.05, 4.69) is 17.0 Å². The Morgan fingerprint density at radius 3 is 2.79 bits per heavy atom. The fourth-order valence-corrected chi connectivity index (χ4v) is 4.28. The highest BCUT2D eigenvalue weighted by molar-refractivity contribution is 8.14. The highest BCUT2D eigenvalue weighted by Crippen LogP contribution is 2.36. The van der Waals surface area contributed by atoms with Crippen molar-refractivity contribution in [3.8, 4) is 11.3 Å². The topological polar surface area (TPSA) is 113 Å². The van der Waals surface area contributed by atoms with E-state index in [0.29, 0.717) is 44.3 Å². The molecule has 5 rings (SSSR count). The molecule has 0 spiro atoms. The maximum atomic E-state index is 13.0. The first-order valence-corrected chi connectivity index (χ1v) is 11.0. The van der Waals surface area contributed by atoms with Gasteiger partial charge in [-0.3, -0.25) is 20.2 Å². The van der Waals surface area contributed by atoms with Crippen molar-refractivity contribution in [3.05, 3.63) is 99.8 Å². The van der Waals surface area contributed by atoms with Crippen LogP contribution in [0.4, 0.5) is 5.69 Å². The lowest BCUT2D eigenvalue weighted by atomic mass is 10.1. The number of rotatable bonds is 5. The number of hydrogen-bond acceptors (Lipinski definition) is 8. The third-order valence-corrected chi connectivity index (χ3v) is 5.96. The van der Waals surface area contributed by atoms with Gasteiger partial charge in [-0.15, -0.1) is 11.7 Å². The monoisotopic (exact) mass is 459 g/mol. The van der Waals surface area contributed by atoms with Crippen molar-refractivity contribution in [1.82, 2.24) is 10.3 Å². The van der Waals surface area contributed by atoms with Crippen LogP contribution in [-0.4, -0.2) is 26.8 Å². The van der Waals surface area contributed by atoms with Crippen LogP contribution in [-0.2, 0) is 4.79 Å². The highest BCUT2D eigenvalue weighted by atomic mass is 32.2. The lowest BCUT2D eigenvalue weighted by Gasteiger charge is -2.32. The highest BCUT2D eigenvalue weighted by Gasteiger charge is 2.36. The average molecular weight is 459 g/mol. The smallest absolute Gasteiger partial charge is 0.280 e. The normalized spacial score (nSPS) is 16.8. The predicted molar refractivity (Wildman–Crippen MR) is 124 cm³/mol. The van der Waals surface area contributed by atoms with Crippen molar-refractivity contribution >= 4 is 34.2 Å². The number of amidine groups is 1. The van der Waals surface area contributed by atoms with E-state index in [1.807, 2.05) is 24.3 Å². The Kier molecular flexibility index (Phi) is 5.27. The molecule has 1 amide bonds. The van der Waals surface area contributed by atoms with E-state index in [1.165, 1.54) is 22.8 Å². The Morgan fingerprint density at radius 1 is 1.18 bits per heavy atom. The summed E-state index contributed by atoms with van der Waals surface area (Å²) in [4.78, 5) is 28.8. The molecule has 2 aliphatic rings. The average Bonchev–Trinajstić information content (AvgIpc) is 3.32. The van der Waals surface area contributed by atoms with Crippen molar-refractivity contribution in [2.24, 2.45) is 10.1 Å². The van der Waals surface area contributed by atoms with Gasteiger partial charge in [-0.25, -0.2) is 10.0 Å². The quantitative estimate of drug-likeness (QED) is 0.357. The van der Waals surface area contributed by atoms with Gasteiger partial charge in [-0.2, -0.15) is 0 Å². The minimum atomic E-state index is -0.753. The van der Waals surface area contributed by atoms with Crippen LogP contribution in [0.25, 0.3) is 17.0 Å². The summed E-state index contributed by atoms with van der Waals surface area (Å²) in [6, 6.07) is 17.0. The first kappa shape index (κ1) is 20.7. The predicted octanol–water partition coefficient (Wildman–Crippen LogP) is 2.92. The van der Waals surface area contributed by atoms with Gasteiger partial charge in [0.25, 0.3) is 11.6 Å². The molecule has 0 bridgehead atoms. The SMILES string of the molecule is C=CCSC1=NN2C(=c3ccccc3=NC2c2ccc(-c3ccccc3[N+](=O)[O-])o2)C(=O)N1. The summed E-state index contributed by atoms with van der Waals surface area (Å²) < 4.78 is 6.04. The minimum Gasteiger partial charge on any atom is -0.456 e. The molecular weight excluding hydrogens is 442 g/mol. The molecule has 1 unspecified atom stereocenters. The van der Waals surface area contributed by atoms with Gasteiger partial charge in [-0.05, 0) is 24.3 Å². The van der Waals surface area contributed by atoms with Gasteiger partial charge in [-0.1, -0.05) is 48.2 Å². The number of hydrazone groups is 1. The van der Waals surface area contributed by atoms with Gasteiger partial charge in [0.05, 0.1) is 15.8 Å². The summed E-state index contributed by atoms with van der Waals surface area (Å²) in [5.41, 5.74) is 0.656. The van der Waals surface area contributed by atoms with E-state index in [4.69, 9.17) is 9.41 Å². The van der Waals surface area contributed by atoms with E-state index < -0.39 is 11.1 Å². The molecule has 1 aromatic heterocycles. The summed E-state index contributed by atoms with van der Waals surface area (Å²) in [7, 11) is 0.